The van der Waals surface area contributed by atoms with Gasteiger partial charge in [0.2, 0.25) is 10.0 Å². The number of allylic oxidation sites excluding steroid dienone is 2. The highest BCUT2D eigenvalue weighted by atomic mass is 79.9. The number of aryl methyl sites for hydroxylation is 1. The summed E-state index contributed by atoms with van der Waals surface area (Å²) in [7, 11) is -6.99. The Morgan fingerprint density at radius 3 is 1.33 bits per heavy atom. The number of hydrogen-bond donors (Lipinski definition) is 1. The standard InChI is InChI=1S/C22H17Br2NO2S.C15H10Br2O.CH5NO2S/c1-16-2-13-21(14-3-16)28(26,27)25-22(18-7-11-20(24)12-8-18)15-6-17-4-9-19(23)10-5-17;16-13-6-1-11(2-7-13)3-10-15(18)12-4-8-14(17)9-5-12;1-5(2,3)4/h2-15H,1H3;1-10H;1H3,(H2,2,3,4)/b15-6+,25-22?;10-3+;. The number of carbonyl (C=O) groups is 1. The molecular weight excluding hydrogens is 948 g/mol. The number of hydrogen-bond acceptors (Lipinski definition) is 5. The van der Waals surface area contributed by atoms with Crippen molar-refractivity contribution < 1.29 is 21.6 Å². The van der Waals surface area contributed by atoms with Crippen molar-refractivity contribution in [3.05, 3.63) is 179 Å². The third kappa shape index (κ3) is 16.3. The molecule has 0 aliphatic heterocycles. The molecule has 0 bridgehead atoms. The molecule has 0 spiro atoms. The number of rotatable bonds is 8. The van der Waals surface area contributed by atoms with Crippen LogP contribution in [0.4, 0.5) is 0 Å². The van der Waals surface area contributed by atoms with E-state index >= 15 is 0 Å². The molecule has 0 saturated heterocycles. The second-order valence-electron chi connectivity index (χ2n) is 10.7. The summed E-state index contributed by atoms with van der Waals surface area (Å²) < 4.78 is 52.5. The highest BCUT2D eigenvalue weighted by Gasteiger charge is 2.14. The fourth-order valence-corrected chi connectivity index (χ4v) is 5.97. The number of carbonyl (C=O) groups excluding carboxylic acids is 1. The molecule has 0 atom stereocenters. The number of ketones is 1. The molecule has 0 amide bonds. The number of nitrogens with two attached hydrogens (primary N) is 1. The smallest absolute Gasteiger partial charge is 0.282 e. The molecule has 13 heteroatoms. The van der Waals surface area contributed by atoms with Gasteiger partial charge in [-0.05, 0) is 103 Å². The molecule has 264 valence electrons. The van der Waals surface area contributed by atoms with Gasteiger partial charge in [-0.25, -0.2) is 13.6 Å². The number of primary sulfonamides is 1. The van der Waals surface area contributed by atoms with E-state index in [4.69, 9.17) is 0 Å². The molecule has 2 N–H and O–H groups in total. The molecule has 0 aliphatic rings. The van der Waals surface area contributed by atoms with Gasteiger partial charge in [0.15, 0.2) is 5.78 Å². The van der Waals surface area contributed by atoms with Crippen LogP contribution in [-0.4, -0.2) is 34.6 Å². The summed E-state index contributed by atoms with van der Waals surface area (Å²) in [5, 5.41) is 4.33. The number of sulfonamides is 2. The van der Waals surface area contributed by atoms with Crippen LogP contribution in [0.5, 0.6) is 0 Å². The average Bonchev–Trinajstić information content (AvgIpc) is 3.07. The van der Waals surface area contributed by atoms with Gasteiger partial charge >= 0.3 is 0 Å². The van der Waals surface area contributed by atoms with Gasteiger partial charge in [0.25, 0.3) is 10.0 Å². The summed E-state index contributed by atoms with van der Waals surface area (Å²) in [5.41, 5.74) is 4.71. The molecule has 51 heavy (non-hydrogen) atoms. The fraction of sp³-hybridized carbons (Fsp3) is 0.0526. The van der Waals surface area contributed by atoms with E-state index in [1.165, 1.54) is 0 Å². The largest absolute Gasteiger partial charge is 0.289 e. The van der Waals surface area contributed by atoms with E-state index < -0.39 is 20.0 Å². The molecule has 0 saturated carbocycles. The predicted octanol–water partition coefficient (Wildman–Crippen LogP) is 10.4. The number of halogens is 4. The van der Waals surface area contributed by atoms with Gasteiger partial charge in [-0.15, -0.1) is 0 Å². The Hall–Kier alpha value is -3.30. The van der Waals surface area contributed by atoms with Crippen molar-refractivity contribution in [1.29, 1.82) is 0 Å². The third-order valence-corrected chi connectivity index (χ3v) is 9.83. The van der Waals surface area contributed by atoms with Crippen molar-refractivity contribution in [3.63, 3.8) is 0 Å². The zero-order valence-electron chi connectivity index (χ0n) is 27.3. The van der Waals surface area contributed by atoms with Crippen LogP contribution in [-0.2, 0) is 20.0 Å². The van der Waals surface area contributed by atoms with Crippen molar-refractivity contribution >= 4 is 107 Å². The van der Waals surface area contributed by atoms with Gasteiger partial charge in [-0.1, -0.05) is 130 Å². The quantitative estimate of drug-likeness (QED) is 0.0942. The Kier molecular flexibility index (Phi) is 16.6. The van der Waals surface area contributed by atoms with Gasteiger partial charge < -0.3 is 0 Å². The summed E-state index contributed by atoms with van der Waals surface area (Å²) in [6, 6.07) is 36.9. The van der Waals surface area contributed by atoms with Gasteiger partial charge in [0.05, 0.1) is 16.9 Å². The van der Waals surface area contributed by atoms with E-state index in [1.807, 2.05) is 104 Å². The molecule has 0 fully saturated rings. The Labute approximate surface area is 333 Å². The van der Waals surface area contributed by atoms with Crippen LogP contribution in [0, 0.1) is 6.92 Å². The van der Waals surface area contributed by atoms with Crippen molar-refractivity contribution in [1.82, 2.24) is 0 Å². The maximum Gasteiger partial charge on any atom is 0.282 e. The Morgan fingerprint density at radius 1 is 0.569 bits per heavy atom. The van der Waals surface area contributed by atoms with E-state index in [9.17, 15) is 21.6 Å². The first kappa shape index (κ1) is 42.1. The maximum absolute atomic E-state index is 12.8. The minimum atomic E-state index is -3.83. The lowest BCUT2D eigenvalue weighted by Gasteiger charge is -2.05. The summed E-state index contributed by atoms with van der Waals surface area (Å²) in [5.74, 6) is 0.00502. The summed E-state index contributed by atoms with van der Waals surface area (Å²) in [6.07, 6.45) is 7.91. The second-order valence-corrected chi connectivity index (χ2v) is 17.7. The minimum Gasteiger partial charge on any atom is -0.289 e. The number of benzene rings is 5. The van der Waals surface area contributed by atoms with Gasteiger partial charge in [0.1, 0.15) is 0 Å². The Morgan fingerprint density at radius 2 is 0.922 bits per heavy atom. The first-order valence-corrected chi connectivity index (χ1v) is 21.4. The third-order valence-electron chi connectivity index (χ3n) is 6.41. The maximum atomic E-state index is 12.8. The minimum absolute atomic E-state index is 0.00502. The highest BCUT2D eigenvalue weighted by molar-refractivity contribution is 9.11. The van der Waals surface area contributed by atoms with E-state index in [0.29, 0.717) is 16.8 Å². The van der Waals surface area contributed by atoms with E-state index in [-0.39, 0.29) is 10.7 Å². The topological polar surface area (TPSA) is 124 Å². The molecule has 5 rings (SSSR count). The monoisotopic (exact) mass is 976 g/mol. The molecule has 0 aliphatic carbocycles. The van der Waals surface area contributed by atoms with Crippen molar-refractivity contribution in [2.24, 2.45) is 9.54 Å². The zero-order valence-corrected chi connectivity index (χ0v) is 35.2. The van der Waals surface area contributed by atoms with Gasteiger partial charge in [-0.3, -0.25) is 4.79 Å². The lowest BCUT2D eigenvalue weighted by atomic mass is 10.1. The van der Waals surface area contributed by atoms with E-state index in [2.05, 4.69) is 73.3 Å². The number of nitrogens with zero attached hydrogens (tertiary/aromatic N) is 1. The Balaban J connectivity index is 0.000000261. The van der Waals surface area contributed by atoms with Crippen LogP contribution in [0.25, 0.3) is 12.2 Å². The molecule has 0 unspecified atom stereocenters. The normalized spacial score (nSPS) is 11.8. The molecule has 0 heterocycles. The predicted molar refractivity (Wildman–Crippen MR) is 223 cm³/mol. The van der Waals surface area contributed by atoms with Crippen LogP contribution in [0.1, 0.15) is 32.6 Å². The molecule has 5 aromatic rings. The first-order valence-electron chi connectivity index (χ1n) is 14.8. The average molecular weight is 980 g/mol. The molecule has 0 aromatic heterocycles. The van der Waals surface area contributed by atoms with Crippen LogP contribution in [0.3, 0.4) is 0 Å². The SMILES string of the molecule is CS(N)(=O)=O.Cc1ccc(S(=O)(=O)N=C(/C=C/c2ccc(Br)cc2)c2ccc(Br)cc2)cc1.O=C(/C=C/c1ccc(Br)cc1)c1ccc(Br)cc1. The zero-order chi connectivity index (χ0) is 37.6. The summed E-state index contributed by atoms with van der Waals surface area (Å²) in [4.78, 5) is 12.1. The summed E-state index contributed by atoms with van der Waals surface area (Å²) >= 11 is 13.5. The molecule has 7 nitrogen and oxygen atoms in total. The van der Waals surface area contributed by atoms with Crippen LogP contribution >= 0.6 is 63.7 Å². The molecule has 5 aromatic carbocycles. The van der Waals surface area contributed by atoms with Crippen LogP contribution in [0.15, 0.2) is 161 Å². The van der Waals surface area contributed by atoms with E-state index in [0.717, 1.165) is 40.8 Å². The fourth-order valence-electron chi connectivity index (χ4n) is 3.90. The van der Waals surface area contributed by atoms with Crippen LogP contribution < -0.4 is 5.14 Å². The Bertz CT molecular complexity index is 2210. The van der Waals surface area contributed by atoms with Crippen molar-refractivity contribution in [2.75, 3.05) is 6.26 Å². The summed E-state index contributed by atoms with van der Waals surface area (Å²) in [6.45, 7) is 1.91. The molecule has 0 radical (unpaired) electrons. The molecular formula is C38H32Br4N2O5S2. The highest BCUT2D eigenvalue weighted by Crippen LogP contribution is 2.19. The van der Waals surface area contributed by atoms with E-state index in [1.54, 1.807) is 48.6 Å². The van der Waals surface area contributed by atoms with Crippen LogP contribution in [0.2, 0.25) is 0 Å². The van der Waals surface area contributed by atoms with Gasteiger partial charge in [-0.2, -0.15) is 12.8 Å². The van der Waals surface area contributed by atoms with Crippen molar-refractivity contribution in [3.8, 4) is 0 Å². The first-order chi connectivity index (χ1) is 24.0. The van der Waals surface area contributed by atoms with Gasteiger partial charge in [0, 0.05) is 29.0 Å². The van der Waals surface area contributed by atoms with Crippen molar-refractivity contribution in [2.45, 2.75) is 11.8 Å². The lowest BCUT2D eigenvalue weighted by Crippen LogP contribution is -2.07. The lowest BCUT2D eigenvalue weighted by molar-refractivity contribution is 0.104. The second kappa shape index (κ2) is 20.1.